The largest absolute Gasteiger partial charge is 0.392 e. The molecule has 108 valence electrons. The van der Waals surface area contributed by atoms with E-state index in [9.17, 15) is 8.42 Å². The summed E-state index contributed by atoms with van der Waals surface area (Å²) in [5, 5.41) is 8.84. The molecule has 2 rings (SSSR count). The Kier molecular flexibility index (Phi) is 4.48. The van der Waals surface area contributed by atoms with E-state index in [0.717, 1.165) is 0 Å². The highest BCUT2D eigenvalue weighted by molar-refractivity contribution is 7.89. The number of nitrogens with zero attached hydrogens (tertiary/aromatic N) is 2. The van der Waals surface area contributed by atoms with Gasteiger partial charge in [-0.15, -0.1) is 0 Å². The predicted molar refractivity (Wildman–Crippen MR) is 72.1 cm³/mol. The fourth-order valence-electron chi connectivity index (χ4n) is 1.71. The second kappa shape index (κ2) is 6.12. The average Bonchev–Trinajstić information content (AvgIpc) is 2.99. The van der Waals surface area contributed by atoms with Crippen molar-refractivity contribution < 1.29 is 13.5 Å². The van der Waals surface area contributed by atoms with Crippen LogP contribution in [0, 0.1) is 0 Å². The molecule has 20 heavy (non-hydrogen) atoms. The molecule has 0 aliphatic rings. The van der Waals surface area contributed by atoms with Gasteiger partial charge in [-0.1, -0.05) is 13.0 Å². The van der Waals surface area contributed by atoms with Gasteiger partial charge in [0, 0.05) is 18.6 Å². The van der Waals surface area contributed by atoms with Gasteiger partial charge in [-0.25, -0.2) is 18.4 Å². The van der Waals surface area contributed by atoms with Crippen molar-refractivity contribution in [3.8, 4) is 0 Å². The molecule has 1 atom stereocenters. The second-order valence-electron chi connectivity index (χ2n) is 4.22. The van der Waals surface area contributed by atoms with E-state index in [1.165, 1.54) is 18.3 Å². The summed E-state index contributed by atoms with van der Waals surface area (Å²) in [6.07, 6.45) is 5.10. The van der Waals surface area contributed by atoms with Crippen molar-refractivity contribution in [1.29, 1.82) is 0 Å². The van der Waals surface area contributed by atoms with Crippen molar-refractivity contribution in [3.05, 3.63) is 42.1 Å². The summed E-state index contributed by atoms with van der Waals surface area (Å²) < 4.78 is 27.0. The van der Waals surface area contributed by atoms with E-state index in [4.69, 9.17) is 5.11 Å². The number of aromatic nitrogens is 3. The van der Waals surface area contributed by atoms with Gasteiger partial charge in [0.05, 0.1) is 12.6 Å². The van der Waals surface area contributed by atoms with Crippen molar-refractivity contribution in [2.75, 3.05) is 0 Å². The minimum atomic E-state index is -3.73. The summed E-state index contributed by atoms with van der Waals surface area (Å²) in [6.45, 7) is 1.68. The number of sulfonamides is 1. The Morgan fingerprint density at radius 2 is 2.20 bits per heavy atom. The highest BCUT2D eigenvalue weighted by Crippen LogP contribution is 2.16. The summed E-state index contributed by atoms with van der Waals surface area (Å²) in [6, 6.07) is 2.45. The van der Waals surface area contributed by atoms with E-state index in [0.29, 0.717) is 17.8 Å². The second-order valence-corrected chi connectivity index (χ2v) is 5.88. The number of aliphatic hydroxyl groups excluding tert-OH is 1. The summed E-state index contributed by atoms with van der Waals surface area (Å²) in [7, 11) is -3.73. The van der Waals surface area contributed by atoms with Gasteiger partial charge >= 0.3 is 0 Å². The van der Waals surface area contributed by atoms with Crippen molar-refractivity contribution in [2.45, 2.75) is 31.0 Å². The van der Waals surface area contributed by atoms with Gasteiger partial charge in [-0.3, -0.25) is 0 Å². The lowest BCUT2D eigenvalue weighted by Gasteiger charge is -2.14. The van der Waals surface area contributed by atoms with Crippen LogP contribution in [0.2, 0.25) is 0 Å². The third-order valence-electron chi connectivity index (χ3n) is 2.81. The zero-order chi connectivity index (χ0) is 14.6. The van der Waals surface area contributed by atoms with Crippen molar-refractivity contribution in [2.24, 2.45) is 0 Å². The molecule has 8 heteroatoms. The van der Waals surface area contributed by atoms with E-state index < -0.39 is 16.1 Å². The Labute approximate surface area is 117 Å². The monoisotopic (exact) mass is 296 g/mol. The molecule has 3 N–H and O–H groups in total. The topological polar surface area (TPSA) is 108 Å². The van der Waals surface area contributed by atoms with Crippen LogP contribution in [0.15, 0.2) is 35.7 Å². The van der Waals surface area contributed by atoms with Crippen LogP contribution in [0.3, 0.4) is 0 Å². The lowest BCUT2D eigenvalue weighted by atomic mass is 10.2. The molecule has 0 aromatic carbocycles. The highest BCUT2D eigenvalue weighted by Gasteiger charge is 2.22. The fraction of sp³-hybridized carbons (Fsp3) is 0.333. The van der Waals surface area contributed by atoms with Crippen LogP contribution in [-0.2, 0) is 16.6 Å². The highest BCUT2D eigenvalue weighted by atomic mass is 32.2. The zero-order valence-electron chi connectivity index (χ0n) is 10.9. The number of aliphatic hydroxyl groups is 1. The Morgan fingerprint density at radius 1 is 1.40 bits per heavy atom. The molecule has 0 amide bonds. The van der Waals surface area contributed by atoms with E-state index in [-0.39, 0.29) is 11.6 Å². The van der Waals surface area contributed by atoms with Crippen molar-refractivity contribution in [1.82, 2.24) is 19.7 Å². The van der Waals surface area contributed by atoms with Gasteiger partial charge in [-0.2, -0.15) is 4.72 Å². The van der Waals surface area contributed by atoms with Gasteiger partial charge < -0.3 is 10.1 Å². The number of pyridine rings is 1. The molecule has 0 aliphatic heterocycles. The number of nitrogens with one attached hydrogen (secondary N) is 2. The Morgan fingerprint density at radius 3 is 2.70 bits per heavy atom. The first-order valence-electron chi connectivity index (χ1n) is 6.14. The van der Waals surface area contributed by atoms with E-state index in [2.05, 4.69) is 19.7 Å². The van der Waals surface area contributed by atoms with E-state index in [1.54, 1.807) is 12.4 Å². The van der Waals surface area contributed by atoms with Crippen LogP contribution in [0.5, 0.6) is 0 Å². The van der Waals surface area contributed by atoms with E-state index >= 15 is 0 Å². The number of hydrogen-bond donors (Lipinski definition) is 3. The van der Waals surface area contributed by atoms with Crippen LogP contribution < -0.4 is 4.72 Å². The number of hydrogen-bond acceptors (Lipinski definition) is 5. The minimum Gasteiger partial charge on any atom is -0.392 e. The average molecular weight is 296 g/mol. The quantitative estimate of drug-likeness (QED) is 0.728. The lowest BCUT2D eigenvalue weighted by molar-refractivity contribution is 0.281. The molecule has 0 radical (unpaired) electrons. The summed E-state index contributed by atoms with van der Waals surface area (Å²) in [5.41, 5.74) is 0.557. The van der Waals surface area contributed by atoms with Crippen LogP contribution in [0.1, 0.15) is 30.8 Å². The lowest BCUT2D eigenvalue weighted by Crippen LogP contribution is -2.29. The van der Waals surface area contributed by atoms with Gasteiger partial charge in [-0.05, 0) is 18.1 Å². The molecule has 0 aliphatic carbocycles. The molecule has 0 fully saturated rings. The normalized spacial score (nSPS) is 13.3. The Bertz CT molecular complexity index is 638. The predicted octanol–water partition coefficient (Wildman–Crippen LogP) is 0.727. The molecule has 2 aromatic rings. The maximum Gasteiger partial charge on any atom is 0.258 e. The van der Waals surface area contributed by atoms with Gasteiger partial charge in [0.15, 0.2) is 5.03 Å². The van der Waals surface area contributed by atoms with E-state index in [1.807, 2.05) is 6.92 Å². The fourth-order valence-corrected chi connectivity index (χ4v) is 2.92. The number of H-pyrrole nitrogens is 1. The molecule has 0 bridgehead atoms. The van der Waals surface area contributed by atoms with Crippen LogP contribution in [-0.4, -0.2) is 28.5 Å². The van der Waals surface area contributed by atoms with Gasteiger partial charge in [0.25, 0.3) is 10.0 Å². The Hall–Kier alpha value is -1.77. The maximum absolute atomic E-state index is 12.2. The molecular weight excluding hydrogens is 280 g/mol. The first-order chi connectivity index (χ1) is 9.56. The number of rotatable bonds is 6. The van der Waals surface area contributed by atoms with Crippen molar-refractivity contribution in [3.63, 3.8) is 0 Å². The van der Waals surface area contributed by atoms with Crippen LogP contribution >= 0.6 is 0 Å². The molecule has 0 saturated heterocycles. The molecule has 2 heterocycles. The van der Waals surface area contributed by atoms with Gasteiger partial charge in [0.2, 0.25) is 0 Å². The third kappa shape index (κ3) is 3.21. The van der Waals surface area contributed by atoms with Gasteiger partial charge in [0.1, 0.15) is 5.82 Å². The zero-order valence-corrected chi connectivity index (χ0v) is 11.8. The Balaban J connectivity index is 2.21. The molecule has 1 unspecified atom stereocenters. The number of imidazole rings is 1. The molecule has 0 saturated carbocycles. The molecule has 0 spiro atoms. The molecule has 2 aromatic heterocycles. The summed E-state index contributed by atoms with van der Waals surface area (Å²) in [4.78, 5) is 10.8. The SMILES string of the molecule is CCC(NS(=O)(=O)c1ccc(CO)cn1)c1ncc[nH]1. The van der Waals surface area contributed by atoms with Crippen LogP contribution in [0.25, 0.3) is 0 Å². The molecule has 7 nitrogen and oxygen atoms in total. The van der Waals surface area contributed by atoms with Crippen molar-refractivity contribution >= 4 is 10.0 Å². The third-order valence-corrected chi connectivity index (χ3v) is 4.20. The summed E-state index contributed by atoms with van der Waals surface area (Å²) in [5.74, 6) is 0.558. The van der Waals surface area contributed by atoms with Crippen LogP contribution in [0.4, 0.5) is 0 Å². The summed E-state index contributed by atoms with van der Waals surface area (Å²) >= 11 is 0. The standard InChI is InChI=1S/C12H16N4O3S/c1-2-10(12-13-5-6-14-12)16-20(18,19)11-4-3-9(8-17)7-15-11/h3-7,10,16-17H,2,8H2,1H3,(H,13,14). The number of aromatic amines is 1. The minimum absolute atomic E-state index is 0.0836. The first-order valence-corrected chi connectivity index (χ1v) is 7.62. The first kappa shape index (κ1) is 14.6. The molecular formula is C12H16N4O3S. The smallest absolute Gasteiger partial charge is 0.258 e. The maximum atomic E-state index is 12.2.